The summed E-state index contributed by atoms with van der Waals surface area (Å²) in [5.74, 6) is 6.96. The molecule has 0 aliphatic heterocycles. The molecular weight excluding hydrogens is 410 g/mol. The Bertz CT molecular complexity index is 1260. The molecule has 0 spiro atoms. The van der Waals surface area contributed by atoms with Gasteiger partial charge in [-0.05, 0) is 38.5 Å². The van der Waals surface area contributed by atoms with Crippen molar-refractivity contribution in [3.8, 4) is 11.8 Å². The Morgan fingerprint density at radius 2 is 1.74 bits per heavy atom. The normalized spacial score (nSPS) is 10.9. The number of pyridine rings is 1. The van der Waals surface area contributed by atoms with Crippen LogP contribution in [0.25, 0.3) is 0 Å². The standard InChI is InChI=1S/C23H25N5O2S/c1-6-21-20(23(28(4)5)26-15-25-21)12-9-18-13-22(17(3)24-14-18)27-31(29,30)19-10-7-16(2)8-11-19/h7-8,10-11,13-15,27H,6H2,1-5H3. The van der Waals surface area contributed by atoms with E-state index in [0.717, 1.165) is 29.1 Å². The van der Waals surface area contributed by atoms with Gasteiger partial charge >= 0.3 is 0 Å². The van der Waals surface area contributed by atoms with Gasteiger partial charge in [0.2, 0.25) is 0 Å². The van der Waals surface area contributed by atoms with Gasteiger partial charge in [0, 0.05) is 25.9 Å². The number of aryl methyl sites for hydroxylation is 3. The fourth-order valence-electron chi connectivity index (χ4n) is 2.91. The van der Waals surface area contributed by atoms with Gasteiger partial charge in [-0.2, -0.15) is 0 Å². The number of aromatic nitrogens is 3. The number of benzene rings is 1. The van der Waals surface area contributed by atoms with Crippen LogP contribution in [0, 0.1) is 25.7 Å². The van der Waals surface area contributed by atoms with E-state index < -0.39 is 10.0 Å². The molecule has 3 rings (SSSR count). The molecule has 0 aliphatic carbocycles. The van der Waals surface area contributed by atoms with Crippen LogP contribution in [-0.2, 0) is 16.4 Å². The average Bonchev–Trinajstić information content (AvgIpc) is 2.74. The molecule has 2 heterocycles. The summed E-state index contributed by atoms with van der Waals surface area (Å²) in [6.07, 6.45) is 3.88. The van der Waals surface area contributed by atoms with Crippen molar-refractivity contribution in [2.75, 3.05) is 23.7 Å². The second-order valence-corrected chi connectivity index (χ2v) is 8.97. The van der Waals surface area contributed by atoms with Crippen molar-refractivity contribution in [2.45, 2.75) is 32.1 Å². The minimum atomic E-state index is -3.73. The second-order valence-electron chi connectivity index (χ2n) is 7.29. The maximum absolute atomic E-state index is 12.8. The third kappa shape index (κ3) is 5.19. The lowest BCUT2D eigenvalue weighted by molar-refractivity contribution is 0.601. The molecule has 1 aromatic carbocycles. The summed E-state index contributed by atoms with van der Waals surface area (Å²) in [6.45, 7) is 5.66. The van der Waals surface area contributed by atoms with Crippen molar-refractivity contribution in [1.29, 1.82) is 0 Å². The molecular formula is C23H25N5O2S. The Hall–Kier alpha value is -3.44. The Balaban J connectivity index is 1.96. The van der Waals surface area contributed by atoms with Crippen LogP contribution >= 0.6 is 0 Å². The van der Waals surface area contributed by atoms with Crippen LogP contribution in [0.2, 0.25) is 0 Å². The number of nitrogens with zero attached hydrogens (tertiary/aromatic N) is 4. The summed E-state index contributed by atoms with van der Waals surface area (Å²) in [4.78, 5) is 15.0. The van der Waals surface area contributed by atoms with E-state index in [4.69, 9.17) is 0 Å². The van der Waals surface area contributed by atoms with E-state index >= 15 is 0 Å². The molecule has 0 saturated heterocycles. The zero-order chi connectivity index (χ0) is 22.6. The molecule has 0 radical (unpaired) electrons. The van der Waals surface area contributed by atoms with Crippen LogP contribution in [0.15, 0.2) is 47.8 Å². The third-order valence-electron chi connectivity index (χ3n) is 4.66. The van der Waals surface area contributed by atoms with E-state index in [1.807, 2.05) is 32.8 Å². The summed E-state index contributed by atoms with van der Waals surface area (Å²) < 4.78 is 28.1. The first-order chi connectivity index (χ1) is 14.7. The highest BCUT2D eigenvalue weighted by Crippen LogP contribution is 2.21. The number of sulfonamides is 1. The molecule has 1 N–H and O–H groups in total. The molecule has 0 amide bonds. The predicted octanol–water partition coefficient (Wildman–Crippen LogP) is 3.32. The molecule has 7 nitrogen and oxygen atoms in total. The van der Waals surface area contributed by atoms with E-state index in [0.29, 0.717) is 16.9 Å². The van der Waals surface area contributed by atoms with Gasteiger partial charge < -0.3 is 4.90 Å². The van der Waals surface area contributed by atoms with Crippen molar-refractivity contribution in [3.63, 3.8) is 0 Å². The van der Waals surface area contributed by atoms with Crippen LogP contribution in [0.5, 0.6) is 0 Å². The van der Waals surface area contributed by atoms with Gasteiger partial charge in [0.1, 0.15) is 12.1 Å². The Kier molecular flexibility index (Phi) is 6.56. The second kappa shape index (κ2) is 9.14. The van der Waals surface area contributed by atoms with Gasteiger partial charge in [-0.3, -0.25) is 9.71 Å². The summed E-state index contributed by atoms with van der Waals surface area (Å²) in [7, 11) is 0.0723. The lowest BCUT2D eigenvalue weighted by Crippen LogP contribution is -2.14. The van der Waals surface area contributed by atoms with Crippen LogP contribution in [0.3, 0.4) is 0 Å². The molecule has 31 heavy (non-hydrogen) atoms. The van der Waals surface area contributed by atoms with Crippen molar-refractivity contribution in [2.24, 2.45) is 0 Å². The third-order valence-corrected chi connectivity index (χ3v) is 6.04. The molecule has 8 heteroatoms. The minimum Gasteiger partial charge on any atom is -0.362 e. The number of rotatable bonds is 5. The predicted molar refractivity (Wildman–Crippen MR) is 123 cm³/mol. The van der Waals surface area contributed by atoms with Crippen LogP contribution in [-0.4, -0.2) is 37.5 Å². The fraction of sp³-hybridized carbons (Fsp3) is 0.261. The maximum Gasteiger partial charge on any atom is 0.261 e. The molecule has 0 fully saturated rings. The first-order valence-corrected chi connectivity index (χ1v) is 11.3. The SMILES string of the molecule is CCc1ncnc(N(C)C)c1C#Cc1cnc(C)c(NS(=O)(=O)c2ccc(C)cc2)c1. The van der Waals surface area contributed by atoms with Crippen LogP contribution in [0.4, 0.5) is 11.5 Å². The summed E-state index contributed by atoms with van der Waals surface area (Å²) in [5.41, 5.74) is 4.13. The van der Waals surface area contributed by atoms with Crippen molar-refractivity contribution >= 4 is 21.5 Å². The quantitative estimate of drug-likeness (QED) is 0.619. The zero-order valence-corrected chi connectivity index (χ0v) is 19.1. The topological polar surface area (TPSA) is 88.1 Å². The van der Waals surface area contributed by atoms with E-state index in [-0.39, 0.29) is 4.90 Å². The van der Waals surface area contributed by atoms with Gasteiger partial charge in [0.05, 0.1) is 27.5 Å². The van der Waals surface area contributed by atoms with Crippen molar-refractivity contribution in [3.05, 3.63) is 70.9 Å². The van der Waals surface area contributed by atoms with Crippen LogP contribution in [0.1, 0.15) is 35.0 Å². The molecule has 2 aromatic heterocycles. The average molecular weight is 436 g/mol. The lowest BCUT2D eigenvalue weighted by Gasteiger charge is -2.14. The van der Waals surface area contributed by atoms with E-state index in [2.05, 4.69) is 31.5 Å². The van der Waals surface area contributed by atoms with Crippen molar-refractivity contribution in [1.82, 2.24) is 15.0 Å². The molecule has 0 unspecified atom stereocenters. The van der Waals surface area contributed by atoms with E-state index in [1.165, 1.54) is 6.33 Å². The van der Waals surface area contributed by atoms with Gasteiger partial charge in [0.15, 0.2) is 0 Å². The summed E-state index contributed by atoms with van der Waals surface area (Å²) in [5, 5.41) is 0. The molecule has 0 atom stereocenters. The highest BCUT2D eigenvalue weighted by molar-refractivity contribution is 7.92. The van der Waals surface area contributed by atoms with Gasteiger partial charge in [-0.25, -0.2) is 18.4 Å². The maximum atomic E-state index is 12.8. The Morgan fingerprint density at radius 3 is 2.39 bits per heavy atom. The molecule has 3 aromatic rings. The minimum absolute atomic E-state index is 0.193. The van der Waals surface area contributed by atoms with Gasteiger partial charge in [0.25, 0.3) is 10.0 Å². The fourth-order valence-corrected chi connectivity index (χ4v) is 4.02. The van der Waals surface area contributed by atoms with Gasteiger partial charge in [-0.15, -0.1) is 0 Å². The molecule has 0 bridgehead atoms. The van der Waals surface area contributed by atoms with E-state index in [9.17, 15) is 8.42 Å². The smallest absolute Gasteiger partial charge is 0.261 e. The van der Waals surface area contributed by atoms with Crippen molar-refractivity contribution < 1.29 is 8.42 Å². The number of anilines is 2. The highest BCUT2D eigenvalue weighted by atomic mass is 32.2. The number of nitrogens with one attached hydrogen (secondary N) is 1. The summed E-state index contributed by atoms with van der Waals surface area (Å²) in [6, 6.07) is 8.36. The molecule has 160 valence electrons. The first kappa shape index (κ1) is 22.2. The largest absolute Gasteiger partial charge is 0.362 e. The monoisotopic (exact) mass is 435 g/mol. The Labute approximate surface area is 183 Å². The Morgan fingerprint density at radius 1 is 1.03 bits per heavy atom. The molecule has 0 aliphatic rings. The molecule has 0 saturated carbocycles. The van der Waals surface area contributed by atoms with E-state index in [1.54, 1.807) is 43.5 Å². The zero-order valence-electron chi connectivity index (χ0n) is 18.3. The number of hydrogen-bond acceptors (Lipinski definition) is 6. The van der Waals surface area contributed by atoms with Gasteiger partial charge in [-0.1, -0.05) is 36.5 Å². The number of hydrogen-bond donors (Lipinski definition) is 1. The lowest BCUT2D eigenvalue weighted by atomic mass is 10.1. The highest BCUT2D eigenvalue weighted by Gasteiger charge is 2.16. The van der Waals surface area contributed by atoms with Crippen LogP contribution < -0.4 is 9.62 Å². The first-order valence-electron chi connectivity index (χ1n) is 9.80. The summed E-state index contributed by atoms with van der Waals surface area (Å²) >= 11 is 0.